The van der Waals surface area contributed by atoms with Crippen LogP contribution >= 0.6 is 0 Å². The van der Waals surface area contributed by atoms with E-state index in [9.17, 15) is 0 Å². The van der Waals surface area contributed by atoms with E-state index in [0.29, 0.717) is 11.5 Å². The normalized spacial score (nSPS) is 27.0. The van der Waals surface area contributed by atoms with Gasteiger partial charge in [-0.1, -0.05) is 27.7 Å². The molecule has 0 amide bonds. The van der Waals surface area contributed by atoms with Crippen molar-refractivity contribution < 1.29 is 0 Å². The third-order valence-electron chi connectivity index (χ3n) is 5.24. The monoisotopic (exact) mass is 291 g/mol. The second-order valence-corrected chi connectivity index (χ2v) is 7.91. The number of rotatable bonds is 4. The number of aromatic nitrogens is 2. The molecular weight excluding hydrogens is 258 g/mol. The highest BCUT2D eigenvalue weighted by molar-refractivity contribution is 5.10. The van der Waals surface area contributed by atoms with Gasteiger partial charge in [0.05, 0.1) is 5.69 Å². The quantitative estimate of drug-likeness (QED) is 0.916. The van der Waals surface area contributed by atoms with Crippen LogP contribution in [0.4, 0.5) is 0 Å². The third kappa shape index (κ3) is 4.09. The Morgan fingerprint density at radius 1 is 1.33 bits per heavy atom. The maximum atomic E-state index is 4.51. The molecule has 120 valence electrons. The molecule has 1 fully saturated rings. The SMILES string of the molecule is CCNC1CCC(C(C)(C)C)CC1Cc1cc(C)nn1C. The Balaban J connectivity index is 2.12. The highest BCUT2D eigenvalue weighted by atomic mass is 15.3. The molecule has 1 heterocycles. The van der Waals surface area contributed by atoms with Gasteiger partial charge in [-0.3, -0.25) is 4.68 Å². The Morgan fingerprint density at radius 3 is 2.57 bits per heavy atom. The smallest absolute Gasteiger partial charge is 0.0596 e. The highest BCUT2D eigenvalue weighted by Gasteiger charge is 2.35. The van der Waals surface area contributed by atoms with E-state index in [2.05, 4.69) is 62.8 Å². The zero-order valence-corrected chi connectivity index (χ0v) is 14.7. The summed E-state index contributed by atoms with van der Waals surface area (Å²) in [5.74, 6) is 1.57. The second kappa shape index (κ2) is 6.51. The Labute approximate surface area is 130 Å². The highest BCUT2D eigenvalue weighted by Crippen LogP contribution is 2.41. The molecule has 1 aliphatic rings. The van der Waals surface area contributed by atoms with E-state index in [1.54, 1.807) is 0 Å². The predicted molar refractivity (Wildman–Crippen MR) is 89.4 cm³/mol. The van der Waals surface area contributed by atoms with Crippen LogP contribution in [-0.4, -0.2) is 22.4 Å². The van der Waals surface area contributed by atoms with Crippen molar-refractivity contribution in [3.8, 4) is 0 Å². The van der Waals surface area contributed by atoms with Gasteiger partial charge in [0.15, 0.2) is 0 Å². The first-order chi connectivity index (χ1) is 9.81. The molecule has 21 heavy (non-hydrogen) atoms. The van der Waals surface area contributed by atoms with Crippen LogP contribution in [0.3, 0.4) is 0 Å². The van der Waals surface area contributed by atoms with E-state index >= 15 is 0 Å². The van der Waals surface area contributed by atoms with Gasteiger partial charge >= 0.3 is 0 Å². The molecule has 1 N–H and O–H groups in total. The van der Waals surface area contributed by atoms with Gasteiger partial charge in [-0.25, -0.2) is 0 Å². The maximum absolute atomic E-state index is 4.51. The summed E-state index contributed by atoms with van der Waals surface area (Å²) in [6.07, 6.45) is 5.17. The molecule has 3 nitrogen and oxygen atoms in total. The van der Waals surface area contributed by atoms with Crippen LogP contribution in [0, 0.1) is 24.2 Å². The van der Waals surface area contributed by atoms with Crippen LogP contribution in [-0.2, 0) is 13.5 Å². The molecule has 0 radical (unpaired) electrons. The molecule has 2 rings (SSSR count). The van der Waals surface area contributed by atoms with Gasteiger partial charge in [0.1, 0.15) is 0 Å². The first-order valence-corrected chi connectivity index (χ1v) is 8.54. The summed E-state index contributed by atoms with van der Waals surface area (Å²) in [6, 6.07) is 2.92. The zero-order chi connectivity index (χ0) is 15.6. The molecule has 3 unspecified atom stereocenters. The van der Waals surface area contributed by atoms with E-state index in [1.165, 1.54) is 25.0 Å². The predicted octanol–water partition coefficient (Wildman–Crippen LogP) is 3.71. The van der Waals surface area contributed by atoms with Crippen LogP contribution in [0.15, 0.2) is 6.07 Å². The van der Waals surface area contributed by atoms with Gasteiger partial charge < -0.3 is 5.32 Å². The maximum Gasteiger partial charge on any atom is 0.0596 e. The van der Waals surface area contributed by atoms with Crippen molar-refractivity contribution in [3.05, 3.63) is 17.5 Å². The van der Waals surface area contributed by atoms with Crippen molar-refractivity contribution in [1.82, 2.24) is 15.1 Å². The van der Waals surface area contributed by atoms with Crippen molar-refractivity contribution >= 4 is 0 Å². The van der Waals surface area contributed by atoms with Gasteiger partial charge in [0, 0.05) is 18.8 Å². The third-order valence-corrected chi connectivity index (χ3v) is 5.24. The molecular formula is C18H33N3. The van der Waals surface area contributed by atoms with Crippen LogP contribution in [0.1, 0.15) is 58.3 Å². The molecule has 0 aliphatic heterocycles. The molecule has 1 aliphatic carbocycles. The largest absolute Gasteiger partial charge is 0.314 e. The average molecular weight is 291 g/mol. The van der Waals surface area contributed by atoms with E-state index in [0.717, 1.165) is 30.5 Å². The zero-order valence-electron chi connectivity index (χ0n) is 14.7. The molecule has 0 spiro atoms. The standard InChI is InChI=1S/C18H33N3/c1-7-19-17-9-8-15(18(3,4)5)11-14(17)12-16-10-13(2)20-21(16)6/h10,14-15,17,19H,7-9,11-12H2,1-6H3. The first kappa shape index (κ1) is 16.5. The molecule has 1 aromatic heterocycles. The van der Waals surface area contributed by atoms with Gasteiger partial charge in [0.25, 0.3) is 0 Å². The van der Waals surface area contributed by atoms with E-state index < -0.39 is 0 Å². The summed E-state index contributed by atoms with van der Waals surface area (Å²) in [4.78, 5) is 0. The van der Waals surface area contributed by atoms with Crippen molar-refractivity contribution in [2.24, 2.45) is 24.3 Å². The van der Waals surface area contributed by atoms with Crippen molar-refractivity contribution in [2.75, 3.05) is 6.54 Å². The van der Waals surface area contributed by atoms with Gasteiger partial charge in [0.2, 0.25) is 0 Å². The lowest BCUT2D eigenvalue weighted by Crippen LogP contribution is -2.44. The lowest BCUT2D eigenvalue weighted by molar-refractivity contribution is 0.113. The van der Waals surface area contributed by atoms with Crippen LogP contribution in [0.5, 0.6) is 0 Å². The second-order valence-electron chi connectivity index (χ2n) is 7.91. The summed E-state index contributed by atoms with van der Waals surface area (Å²) in [7, 11) is 2.08. The Hall–Kier alpha value is -0.830. The van der Waals surface area contributed by atoms with Crippen LogP contribution in [0.2, 0.25) is 0 Å². The summed E-state index contributed by atoms with van der Waals surface area (Å²) in [5, 5.41) is 8.24. The summed E-state index contributed by atoms with van der Waals surface area (Å²) >= 11 is 0. The minimum absolute atomic E-state index is 0.428. The number of hydrogen-bond acceptors (Lipinski definition) is 2. The van der Waals surface area contributed by atoms with Gasteiger partial charge in [-0.05, 0) is 62.5 Å². The lowest BCUT2D eigenvalue weighted by atomic mass is 9.66. The van der Waals surface area contributed by atoms with Crippen molar-refractivity contribution in [3.63, 3.8) is 0 Å². The first-order valence-electron chi connectivity index (χ1n) is 8.54. The Kier molecular flexibility index (Phi) is 5.13. The summed E-state index contributed by atoms with van der Waals surface area (Å²) in [5.41, 5.74) is 2.95. The summed E-state index contributed by atoms with van der Waals surface area (Å²) in [6.45, 7) is 12.6. The molecule has 0 bridgehead atoms. The van der Waals surface area contributed by atoms with Crippen LogP contribution in [0.25, 0.3) is 0 Å². The van der Waals surface area contributed by atoms with Gasteiger partial charge in [-0.2, -0.15) is 5.10 Å². The molecule has 0 saturated heterocycles. The number of hydrogen-bond donors (Lipinski definition) is 1. The number of aryl methyl sites for hydroxylation is 2. The van der Waals surface area contributed by atoms with E-state index in [1.807, 2.05) is 0 Å². The Bertz CT molecular complexity index is 456. The lowest BCUT2D eigenvalue weighted by Gasteiger charge is -2.42. The number of nitrogens with one attached hydrogen (secondary N) is 1. The minimum atomic E-state index is 0.428. The average Bonchev–Trinajstić information content (AvgIpc) is 2.69. The Morgan fingerprint density at radius 2 is 2.05 bits per heavy atom. The minimum Gasteiger partial charge on any atom is -0.314 e. The van der Waals surface area contributed by atoms with Gasteiger partial charge in [-0.15, -0.1) is 0 Å². The van der Waals surface area contributed by atoms with E-state index in [4.69, 9.17) is 0 Å². The fourth-order valence-corrected chi connectivity index (χ4v) is 3.93. The molecule has 3 atom stereocenters. The van der Waals surface area contributed by atoms with Crippen molar-refractivity contribution in [1.29, 1.82) is 0 Å². The molecule has 1 aromatic rings. The molecule has 3 heteroatoms. The topological polar surface area (TPSA) is 29.9 Å². The van der Waals surface area contributed by atoms with E-state index in [-0.39, 0.29) is 0 Å². The fraction of sp³-hybridized carbons (Fsp3) is 0.833. The summed E-state index contributed by atoms with van der Waals surface area (Å²) < 4.78 is 2.07. The van der Waals surface area contributed by atoms with Crippen molar-refractivity contribution in [2.45, 2.75) is 66.3 Å². The molecule has 1 saturated carbocycles. The fourth-order valence-electron chi connectivity index (χ4n) is 3.93. The number of nitrogens with zero attached hydrogens (tertiary/aromatic N) is 2. The molecule has 0 aromatic carbocycles. The van der Waals surface area contributed by atoms with Crippen LogP contribution < -0.4 is 5.32 Å².